The number of carbonyl (C=O) groups is 2. The van der Waals surface area contributed by atoms with Crippen molar-refractivity contribution in [3.63, 3.8) is 0 Å². The molecule has 11 heteroatoms. The van der Waals surface area contributed by atoms with Crippen molar-refractivity contribution in [3.05, 3.63) is 78.4 Å². The molecular formula is C30H37N3O7S. The van der Waals surface area contributed by atoms with E-state index in [1.165, 1.54) is 44.4 Å². The van der Waals surface area contributed by atoms with Crippen LogP contribution in [0.15, 0.2) is 77.7 Å². The zero-order valence-corrected chi connectivity index (χ0v) is 24.8. The van der Waals surface area contributed by atoms with E-state index in [1.54, 1.807) is 31.2 Å². The summed E-state index contributed by atoms with van der Waals surface area (Å²) < 4.78 is 45.3. The molecule has 10 nitrogen and oxygen atoms in total. The molecule has 0 unspecified atom stereocenters. The summed E-state index contributed by atoms with van der Waals surface area (Å²) in [6, 6.07) is 19.1. The highest BCUT2D eigenvalue weighted by Crippen LogP contribution is 2.33. The van der Waals surface area contributed by atoms with Gasteiger partial charge in [0.2, 0.25) is 11.8 Å². The molecule has 0 spiro atoms. The van der Waals surface area contributed by atoms with Gasteiger partial charge in [0.15, 0.2) is 11.5 Å². The molecule has 0 saturated carbocycles. The Labute approximate surface area is 241 Å². The second-order valence-corrected chi connectivity index (χ2v) is 10.9. The van der Waals surface area contributed by atoms with Gasteiger partial charge in [-0.1, -0.05) is 37.3 Å². The first-order valence-corrected chi connectivity index (χ1v) is 14.7. The first-order valence-electron chi connectivity index (χ1n) is 13.2. The van der Waals surface area contributed by atoms with E-state index in [1.807, 2.05) is 37.3 Å². The summed E-state index contributed by atoms with van der Waals surface area (Å²) in [5.74, 6) is 0.264. The molecule has 3 aromatic rings. The number of methoxy groups -OCH3 is 2. The number of sulfonamides is 1. The third kappa shape index (κ3) is 7.49. The lowest BCUT2D eigenvalue weighted by Gasteiger charge is -2.33. The van der Waals surface area contributed by atoms with Gasteiger partial charge in [0.05, 0.1) is 31.4 Å². The molecule has 0 aliphatic carbocycles. The normalized spacial score (nSPS) is 11.7. The Kier molecular flexibility index (Phi) is 11.0. The minimum absolute atomic E-state index is 0.0928. The summed E-state index contributed by atoms with van der Waals surface area (Å²) in [4.78, 5) is 28.1. The maximum Gasteiger partial charge on any atom is 0.264 e. The number of amides is 2. The van der Waals surface area contributed by atoms with Crippen LogP contribution in [0.5, 0.6) is 17.2 Å². The summed E-state index contributed by atoms with van der Waals surface area (Å²) in [6.07, 6.45) is 0.337. The third-order valence-corrected chi connectivity index (χ3v) is 8.26. The lowest BCUT2D eigenvalue weighted by Crippen LogP contribution is -2.51. The predicted molar refractivity (Wildman–Crippen MR) is 157 cm³/mol. The smallest absolute Gasteiger partial charge is 0.264 e. The zero-order valence-electron chi connectivity index (χ0n) is 24.0. The molecule has 0 saturated heterocycles. The summed E-state index contributed by atoms with van der Waals surface area (Å²) in [7, 11) is 0.0794. The second kappa shape index (κ2) is 14.4. The molecule has 0 aromatic heterocycles. The lowest BCUT2D eigenvalue weighted by atomic mass is 10.1. The van der Waals surface area contributed by atoms with E-state index >= 15 is 0 Å². The number of hydrogen-bond donors (Lipinski definition) is 1. The Morgan fingerprint density at radius 2 is 1.56 bits per heavy atom. The first-order chi connectivity index (χ1) is 19.7. The Bertz CT molecular complexity index is 1410. The van der Waals surface area contributed by atoms with E-state index in [2.05, 4.69) is 5.32 Å². The molecular weight excluding hydrogens is 546 g/mol. The standard InChI is InChI=1S/C30H37N3O7S/c1-6-26(30(35)31-3)32(20-22-11-9-8-10-12-22)29(34)21-33(23-13-15-24(16-14-23)40-7-2)41(36,37)25-17-18-27(38-4)28(19-25)39-5/h8-19,26H,6-7,20-21H2,1-5H3,(H,31,35)/t26-/m1/s1. The number of carbonyl (C=O) groups excluding carboxylic acids is 2. The summed E-state index contributed by atoms with van der Waals surface area (Å²) in [6.45, 7) is 3.66. The number of nitrogens with zero attached hydrogens (tertiary/aromatic N) is 2. The van der Waals surface area contributed by atoms with Crippen LogP contribution < -0.4 is 23.8 Å². The van der Waals surface area contributed by atoms with Crippen molar-refractivity contribution in [1.82, 2.24) is 10.2 Å². The van der Waals surface area contributed by atoms with Crippen molar-refractivity contribution in [1.29, 1.82) is 0 Å². The van der Waals surface area contributed by atoms with Gasteiger partial charge in [-0.05, 0) is 55.3 Å². The number of benzene rings is 3. The highest BCUT2D eigenvalue weighted by atomic mass is 32.2. The summed E-state index contributed by atoms with van der Waals surface area (Å²) in [5, 5.41) is 2.62. The molecule has 0 aliphatic heterocycles. The number of likely N-dealkylation sites (N-methyl/N-ethyl adjacent to an activating group) is 1. The van der Waals surface area contributed by atoms with Crippen LogP contribution in [0.2, 0.25) is 0 Å². The largest absolute Gasteiger partial charge is 0.494 e. The fourth-order valence-corrected chi connectivity index (χ4v) is 5.80. The Hall–Kier alpha value is -4.25. The molecule has 0 radical (unpaired) electrons. The summed E-state index contributed by atoms with van der Waals surface area (Å²) >= 11 is 0. The van der Waals surface area contributed by atoms with E-state index < -0.39 is 28.5 Å². The molecule has 220 valence electrons. The van der Waals surface area contributed by atoms with Gasteiger partial charge in [0, 0.05) is 19.7 Å². The molecule has 41 heavy (non-hydrogen) atoms. The highest BCUT2D eigenvalue weighted by Gasteiger charge is 2.33. The van der Waals surface area contributed by atoms with Gasteiger partial charge in [0.1, 0.15) is 18.3 Å². The molecule has 0 heterocycles. The van der Waals surface area contributed by atoms with E-state index in [0.29, 0.717) is 24.5 Å². The second-order valence-electron chi connectivity index (χ2n) is 9.00. The van der Waals surface area contributed by atoms with Crippen LogP contribution in [0.1, 0.15) is 25.8 Å². The average molecular weight is 584 g/mol. The predicted octanol–water partition coefficient (Wildman–Crippen LogP) is 3.85. The van der Waals surface area contributed by atoms with Crippen LogP contribution in [-0.4, -0.2) is 65.6 Å². The quantitative estimate of drug-likeness (QED) is 0.307. The Morgan fingerprint density at radius 1 is 0.902 bits per heavy atom. The van der Waals surface area contributed by atoms with Crippen molar-refractivity contribution >= 4 is 27.5 Å². The van der Waals surface area contributed by atoms with Crippen molar-refractivity contribution in [2.45, 2.75) is 37.8 Å². The Balaban J connectivity index is 2.09. The first kappa shape index (κ1) is 31.3. The molecule has 0 fully saturated rings. The maximum atomic E-state index is 14.1. The van der Waals surface area contributed by atoms with Crippen LogP contribution in [-0.2, 0) is 26.2 Å². The average Bonchev–Trinajstić information content (AvgIpc) is 3.00. The maximum absolute atomic E-state index is 14.1. The topological polar surface area (TPSA) is 114 Å². The number of ether oxygens (including phenoxy) is 3. The minimum Gasteiger partial charge on any atom is -0.494 e. The molecule has 2 amide bonds. The van der Waals surface area contributed by atoms with Crippen LogP contribution >= 0.6 is 0 Å². The fourth-order valence-electron chi connectivity index (χ4n) is 4.37. The van der Waals surface area contributed by atoms with Gasteiger partial charge < -0.3 is 24.4 Å². The molecule has 1 atom stereocenters. The highest BCUT2D eigenvalue weighted by molar-refractivity contribution is 7.92. The van der Waals surface area contributed by atoms with Crippen LogP contribution in [0.25, 0.3) is 0 Å². The summed E-state index contributed by atoms with van der Waals surface area (Å²) in [5.41, 5.74) is 1.06. The number of anilines is 1. The Morgan fingerprint density at radius 3 is 2.12 bits per heavy atom. The van der Waals surface area contributed by atoms with Crippen molar-refractivity contribution in [3.8, 4) is 17.2 Å². The van der Waals surface area contributed by atoms with Gasteiger partial charge in [-0.2, -0.15) is 0 Å². The van der Waals surface area contributed by atoms with Crippen LogP contribution in [0, 0.1) is 0 Å². The molecule has 0 bridgehead atoms. The molecule has 0 aliphatic rings. The van der Waals surface area contributed by atoms with Gasteiger partial charge in [-0.3, -0.25) is 13.9 Å². The van der Waals surface area contributed by atoms with Gasteiger partial charge in [-0.15, -0.1) is 0 Å². The zero-order chi connectivity index (χ0) is 30.0. The van der Waals surface area contributed by atoms with Crippen molar-refractivity contribution < 1.29 is 32.2 Å². The number of nitrogens with one attached hydrogen (secondary N) is 1. The van der Waals surface area contributed by atoms with E-state index in [9.17, 15) is 18.0 Å². The number of rotatable bonds is 14. The van der Waals surface area contributed by atoms with E-state index in [4.69, 9.17) is 14.2 Å². The van der Waals surface area contributed by atoms with Gasteiger partial charge >= 0.3 is 0 Å². The van der Waals surface area contributed by atoms with E-state index in [0.717, 1.165) is 9.87 Å². The fraction of sp³-hybridized carbons (Fsp3) is 0.333. The van der Waals surface area contributed by atoms with Gasteiger partial charge in [-0.25, -0.2) is 8.42 Å². The van der Waals surface area contributed by atoms with Gasteiger partial charge in [0.25, 0.3) is 10.0 Å². The number of hydrogen-bond acceptors (Lipinski definition) is 7. The monoisotopic (exact) mass is 583 g/mol. The third-order valence-electron chi connectivity index (χ3n) is 6.49. The minimum atomic E-state index is -4.29. The SMILES string of the molecule is CCOc1ccc(N(CC(=O)N(Cc2ccccc2)[C@H](CC)C(=O)NC)S(=O)(=O)c2ccc(OC)c(OC)c2)cc1. The van der Waals surface area contributed by atoms with Crippen LogP contribution in [0.4, 0.5) is 5.69 Å². The van der Waals surface area contributed by atoms with Crippen LogP contribution in [0.3, 0.4) is 0 Å². The van der Waals surface area contributed by atoms with E-state index in [-0.39, 0.29) is 28.8 Å². The van der Waals surface area contributed by atoms with Crippen molar-refractivity contribution in [2.24, 2.45) is 0 Å². The molecule has 3 rings (SSSR count). The molecule has 3 aromatic carbocycles. The van der Waals surface area contributed by atoms with Crippen molar-refractivity contribution in [2.75, 3.05) is 38.7 Å². The lowest BCUT2D eigenvalue weighted by molar-refractivity contribution is -0.140. The molecule has 1 N–H and O–H groups in total.